The van der Waals surface area contributed by atoms with Gasteiger partial charge in [0.15, 0.2) is 0 Å². The maximum Gasteiger partial charge on any atom is 0.261 e. The highest BCUT2D eigenvalue weighted by atomic mass is 35.5. The van der Waals surface area contributed by atoms with E-state index in [1.54, 1.807) is 48.5 Å². The third-order valence-corrected chi connectivity index (χ3v) is 5.60. The van der Waals surface area contributed by atoms with Gasteiger partial charge in [-0.3, -0.25) is 9.52 Å². The molecule has 0 aliphatic carbocycles. The fraction of sp³-hybridized carbons (Fsp3) is 0.0952. The van der Waals surface area contributed by atoms with Crippen LogP contribution in [-0.2, 0) is 10.0 Å². The number of hydrogen-bond donors (Lipinski definition) is 2. The van der Waals surface area contributed by atoms with Crippen molar-refractivity contribution in [1.82, 2.24) is 0 Å². The normalized spacial score (nSPS) is 11.0. The summed E-state index contributed by atoms with van der Waals surface area (Å²) >= 11 is 5.82. The van der Waals surface area contributed by atoms with Crippen molar-refractivity contribution in [1.29, 1.82) is 0 Å². The number of sulfonamides is 1. The number of amides is 1. The Morgan fingerprint density at radius 1 is 0.897 bits per heavy atom. The lowest BCUT2D eigenvalue weighted by Crippen LogP contribution is -2.14. The molecule has 0 aromatic heterocycles. The number of ether oxygens (including phenoxy) is 1. The van der Waals surface area contributed by atoms with Crippen LogP contribution in [0, 0.1) is 0 Å². The van der Waals surface area contributed by atoms with Crippen molar-refractivity contribution in [2.75, 3.05) is 16.6 Å². The minimum atomic E-state index is -3.76. The molecule has 0 saturated carbocycles. The van der Waals surface area contributed by atoms with E-state index in [0.29, 0.717) is 34.3 Å². The molecular weight excluding hydrogens is 412 g/mol. The number of rotatable bonds is 7. The second-order valence-electron chi connectivity index (χ2n) is 6.05. The SMILES string of the molecule is CCOc1ccc(NS(=O)(=O)c2ccc(NC(=O)c3ccc(Cl)cc3)cc2)cc1. The Hall–Kier alpha value is -3.03. The quantitative estimate of drug-likeness (QED) is 0.564. The second-order valence-corrected chi connectivity index (χ2v) is 8.17. The summed E-state index contributed by atoms with van der Waals surface area (Å²) in [5.74, 6) is 0.348. The van der Waals surface area contributed by atoms with E-state index in [0.717, 1.165) is 0 Å². The molecule has 0 spiro atoms. The van der Waals surface area contributed by atoms with Gasteiger partial charge in [-0.1, -0.05) is 11.6 Å². The van der Waals surface area contributed by atoms with Crippen LogP contribution >= 0.6 is 11.6 Å². The molecule has 0 aliphatic heterocycles. The Kier molecular flexibility index (Phi) is 6.41. The number of nitrogens with one attached hydrogen (secondary N) is 2. The van der Waals surface area contributed by atoms with E-state index in [2.05, 4.69) is 10.0 Å². The predicted octanol–water partition coefficient (Wildman–Crippen LogP) is 4.79. The van der Waals surface area contributed by atoms with Crippen LogP contribution in [0.5, 0.6) is 5.75 Å². The molecule has 0 radical (unpaired) electrons. The molecule has 8 heteroatoms. The van der Waals surface area contributed by atoms with Gasteiger partial charge in [0, 0.05) is 22.0 Å². The van der Waals surface area contributed by atoms with Crippen LogP contribution in [0.4, 0.5) is 11.4 Å². The lowest BCUT2D eigenvalue weighted by atomic mass is 10.2. The number of hydrogen-bond acceptors (Lipinski definition) is 4. The van der Waals surface area contributed by atoms with Crippen LogP contribution in [0.15, 0.2) is 77.7 Å². The molecule has 1 amide bonds. The maximum atomic E-state index is 12.6. The van der Waals surface area contributed by atoms with Crippen molar-refractivity contribution in [3.8, 4) is 5.75 Å². The number of carbonyl (C=O) groups excluding carboxylic acids is 1. The fourth-order valence-corrected chi connectivity index (χ4v) is 3.71. The first-order valence-corrected chi connectivity index (χ1v) is 10.7. The number of benzene rings is 3. The topological polar surface area (TPSA) is 84.5 Å². The Labute approximate surface area is 174 Å². The first-order valence-electron chi connectivity index (χ1n) is 8.80. The molecule has 3 aromatic carbocycles. The molecule has 0 saturated heterocycles. The summed E-state index contributed by atoms with van der Waals surface area (Å²) in [6.45, 7) is 2.41. The largest absolute Gasteiger partial charge is 0.494 e. The van der Waals surface area contributed by atoms with E-state index in [4.69, 9.17) is 16.3 Å². The molecule has 0 unspecified atom stereocenters. The van der Waals surface area contributed by atoms with Gasteiger partial charge in [-0.05, 0) is 79.7 Å². The molecule has 0 heterocycles. The molecule has 0 fully saturated rings. The Bertz CT molecular complexity index is 1080. The van der Waals surface area contributed by atoms with Crippen molar-refractivity contribution in [2.24, 2.45) is 0 Å². The summed E-state index contributed by atoms with van der Waals surface area (Å²) in [5, 5.41) is 3.25. The lowest BCUT2D eigenvalue weighted by Gasteiger charge is -2.10. The highest BCUT2D eigenvalue weighted by molar-refractivity contribution is 7.92. The average Bonchev–Trinajstić information content (AvgIpc) is 2.70. The summed E-state index contributed by atoms with van der Waals surface area (Å²) in [6.07, 6.45) is 0. The first-order chi connectivity index (χ1) is 13.9. The van der Waals surface area contributed by atoms with Crippen molar-refractivity contribution >= 4 is 38.9 Å². The highest BCUT2D eigenvalue weighted by Crippen LogP contribution is 2.21. The smallest absolute Gasteiger partial charge is 0.261 e. The van der Waals surface area contributed by atoms with E-state index in [-0.39, 0.29) is 10.8 Å². The molecule has 6 nitrogen and oxygen atoms in total. The minimum Gasteiger partial charge on any atom is -0.494 e. The van der Waals surface area contributed by atoms with Crippen molar-refractivity contribution < 1.29 is 17.9 Å². The predicted molar refractivity (Wildman–Crippen MR) is 114 cm³/mol. The van der Waals surface area contributed by atoms with Gasteiger partial charge in [-0.15, -0.1) is 0 Å². The molecule has 3 rings (SSSR count). The van der Waals surface area contributed by atoms with E-state index >= 15 is 0 Å². The zero-order valence-electron chi connectivity index (χ0n) is 15.6. The van der Waals surface area contributed by atoms with Gasteiger partial charge in [0.2, 0.25) is 0 Å². The molecule has 0 aliphatic rings. The van der Waals surface area contributed by atoms with Gasteiger partial charge >= 0.3 is 0 Å². The second kappa shape index (κ2) is 8.98. The summed E-state index contributed by atoms with van der Waals surface area (Å²) in [4.78, 5) is 12.3. The van der Waals surface area contributed by atoms with Crippen LogP contribution < -0.4 is 14.8 Å². The number of halogens is 1. The van der Waals surface area contributed by atoms with Crippen molar-refractivity contribution in [3.63, 3.8) is 0 Å². The van der Waals surface area contributed by atoms with E-state index < -0.39 is 10.0 Å². The Morgan fingerprint density at radius 2 is 1.48 bits per heavy atom. The maximum absolute atomic E-state index is 12.6. The standard InChI is InChI=1S/C21H19ClN2O4S/c1-2-28-19-11-7-18(8-12-19)24-29(26,27)20-13-9-17(10-14-20)23-21(25)15-3-5-16(22)6-4-15/h3-14,24H,2H2,1H3,(H,23,25). The monoisotopic (exact) mass is 430 g/mol. The summed E-state index contributed by atoms with van der Waals surface area (Å²) in [7, 11) is -3.76. The van der Waals surface area contributed by atoms with Crippen LogP contribution in [0.3, 0.4) is 0 Å². The van der Waals surface area contributed by atoms with Gasteiger partial charge in [0.25, 0.3) is 15.9 Å². The fourth-order valence-electron chi connectivity index (χ4n) is 2.52. The number of anilines is 2. The average molecular weight is 431 g/mol. The summed E-state index contributed by atoms with van der Waals surface area (Å²) in [5.41, 5.74) is 1.35. The van der Waals surface area contributed by atoms with Gasteiger partial charge < -0.3 is 10.1 Å². The lowest BCUT2D eigenvalue weighted by molar-refractivity contribution is 0.102. The molecule has 0 atom stereocenters. The molecule has 150 valence electrons. The van der Waals surface area contributed by atoms with Crippen LogP contribution in [0.2, 0.25) is 5.02 Å². The van der Waals surface area contributed by atoms with Crippen molar-refractivity contribution in [3.05, 3.63) is 83.4 Å². The zero-order valence-corrected chi connectivity index (χ0v) is 17.1. The molecule has 0 bridgehead atoms. The van der Waals surface area contributed by atoms with E-state index in [1.165, 1.54) is 24.3 Å². The third kappa shape index (κ3) is 5.49. The minimum absolute atomic E-state index is 0.0795. The Balaban J connectivity index is 1.68. The first kappa shape index (κ1) is 20.7. The van der Waals surface area contributed by atoms with E-state index in [1.807, 2.05) is 6.92 Å². The molecule has 29 heavy (non-hydrogen) atoms. The molecule has 2 N–H and O–H groups in total. The zero-order chi connectivity index (χ0) is 20.9. The summed E-state index contributed by atoms with van der Waals surface area (Å²) in [6, 6.07) is 19.0. The van der Waals surface area contributed by atoms with Crippen LogP contribution in [0.25, 0.3) is 0 Å². The van der Waals surface area contributed by atoms with Crippen LogP contribution in [0.1, 0.15) is 17.3 Å². The van der Waals surface area contributed by atoms with Gasteiger partial charge in [0.1, 0.15) is 5.75 Å². The van der Waals surface area contributed by atoms with Gasteiger partial charge in [0.05, 0.1) is 11.5 Å². The summed E-state index contributed by atoms with van der Waals surface area (Å²) < 4.78 is 33.0. The Morgan fingerprint density at radius 3 is 2.07 bits per heavy atom. The number of carbonyl (C=O) groups is 1. The highest BCUT2D eigenvalue weighted by Gasteiger charge is 2.15. The molecular formula is C21H19ClN2O4S. The third-order valence-electron chi connectivity index (χ3n) is 3.95. The van der Waals surface area contributed by atoms with Crippen LogP contribution in [-0.4, -0.2) is 20.9 Å². The van der Waals surface area contributed by atoms with Crippen molar-refractivity contribution in [2.45, 2.75) is 11.8 Å². The molecule has 3 aromatic rings. The van der Waals surface area contributed by atoms with Gasteiger partial charge in [-0.2, -0.15) is 0 Å². The van der Waals surface area contributed by atoms with Gasteiger partial charge in [-0.25, -0.2) is 8.42 Å². The van der Waals surface area contributed by atoms with E-state index in [9.17, 15) is 13.2 Å².